The SMILES string of the molecule is COc1ccc(C2=NN3C(C2)c2ccccc2OC3c2cc(Br)ccc2O)cc1OC. The summed E-state index contributed by atoms with van der Waals surface area (Å²) < 4.78 is 18.0. The van der Waals surface area contributed by atoms with E-state index in [2.05, 4.69) is 22.0 Å². The van der Waals surface area contributed by atoms with Gasteiger partial charge in [-0.05, 0) is 42.5 Å². The molecule has 6 nitrogen and oxygen atoms in total. The number of nitrogens with zero attached hydrogens (tertiary/aromatic N) is 2. The number of hydrogen-bond donors (Lipinski definition) is 1. The molecular formula is C24H21BrN2O4. The van der Waals surface area contributed by atoms with E-state index < -0.39 is 6.23 Å². The first-order chi connectivity index (χ1) is 15.1. The lowest BCUT2D eigenvalue weighted by Crippen LogP contribution is -2.33. The van der Waals surface area contributed by atoms with Gasteiger partial charge < -0.3 is 19.3 Å². The number of ether oxygens (including phenoxy) is 3. The van der Waals surface area contributed by atoms with Gasteiger partial charge in [-0.3, -0.25) is 0 Å². The summed E-state index contributed by atoms with van der Waals surface area (Å²) in [6.07, 6.45) is 0.163. The minimum atomic E-state index is -0.546. The van der Waals surface area contributed by atoms with E-state index in [9.17, 15) is 5.11 Å². The summed E-state index contributed by atoms with van der Waals surface area (Å²) in [6.45, 7) is 0. The van der Waals surface area contributed by atoms with Crippen LogP contribution in [0.1, 0.15) is 35.4 Å². The quantitative estimate of drug-likeness (QED) is 0.540. The summed E-state index contributed by atoms with van der Waals surface area (Å²) in [7, 11) is 3.24. The molecular weight excluding hydrogens is 460 g/mol. The highest BCUT2D eigenvalue weighted by Crippen LogP contribution is 2.49. The number of phenolic OH excluding ortho intramolecular Hbond substituents is 1. The molecule has 7 heteroatoms. The second-order valence-corrected chi connectivity index (χ2v) is 8.34. The van der Waals surface area contributed by atoms with E-state index in [1.54, 1.807) is 26.4 Å². The van der Waals surface area contributed by atoms with Crippen LogP contribution in [0.4, 0.5) is 0 Å². The van der Waals surface area contributed by atoms with Gasteiger partial charge in [0.05, 0.1) is 31.5 Å². The van der Waals surface area contributed by atoms with E-state index in [0.29, 0.717) is 23.5 Å². The minimum Gasteiger partial charge on any atom is -0.507 e. The summed E-state index contributed by atoms with van der Waals surface area (Å²) in [5.74, 6) is 2.30. The van der Waals surface area contributed by atoms with Crippen molar-refractivity contribution in [2.75, 3.05) is 14.2 Å². The van der Waals surface area contributed by atoms with E-state index >= 15 is 0 Å². The third-order valence-corrected chi connectivity index (χ3v) is 6.16. The first-order valence-electron chi connectivity index (χ1n) is 9.91. The Balaban J connectivity index is 1.60. The Kier molecular flexibility index (Phi) is 4.98. The molecule has 2 aliphatic heterocycles. The molecule has 5 rings (SSSR count). The topological polar surface area (TPSA) is 63.5 Å². The second-order valence-electron chi connectivity index (χ2n) is 7.43. The first-order valence-corrected chi connectivity index (χ1v) is 10.7. The van der Waals surface area contributed by atoms with Crippen molar-refractivity contribution < 1.29 is 19.3 Å². The molecule has 0 spiro atoms. The van der Waals surface area contributed by atoms with Crippen LogP contribution in [0.3, 0.4) is 0 Å². The molecule has 2 heterocycles. The van der Waals surface area contributed by atoms with Crippen LogP contribution in [0, 0.1) is 0 Å². The smallest absolute Gasteiger partial charge is 0.217 e. The predicted molar refractivity (Wildman–Crippen MR) is 121 cm³/mol. The molecule has 0 saturated heterocycles. The van der Waals surface area contributed by atoms with Crippen LogP contribution in [0.5, 0.6) is 23.0 Å². The third-order valence-electron chi connectivity index (χ3n) is 5.67. The lowest BCUT2D eigenvalue weighted by molar-refractivity contribution is -0.0203. The van der Waals surface area contributed by atoms with E-state index in [-0.39, 0.29) is 11.8 Å². The van der Waals surface area contributed by atoms with Gasteiger partial charge >= 0.3 is 0 Å². The van der Waals surface area contributed by atoms with Crippen LogP contribution < -0.4 is 14.2 Å². The van der Waals surface area contributed by atoms with Crippen LogP contribution >= 0.6 is 15.9 Å². The van der Waals surface area contributed by atoms with Gasteiger partial charge in [0, 0.05) is 22.0 Å². The van der Waals surface area contributed by atoms with Gasteiger partial charge in [0.1, 0.15) is 11.5 Å². The zero-order valence-electron chi connectivity index (χ0n) is 17.1. The highest BCUT2D eigenvalue weighted by Gasteiger charge is 2.41. The molecule has 2 atom stereocenters. The number of hydrogen-bond acceptors (Lipinski definition) is 6. The summed E-state index contributed by atoms with van der Waals surface area (Å²) >= 11 is 3.50. The zero-order valence-corrected chi connectivity index (χ0v) is 18.7. The standard InChI is InChI=1S/C24H21BrN2O4/c1-29-22-10-7-14(11-23(22)30-2)18-13-19-16-5-3-4-6-21(16)31-24(27(19)26-18)17-12-15(25)8-9-20(17)28/h3-12,19,24,28H,13H2,1-2H3. The van der Waals surface area contributed by atoms with Gasteiger partial charge in [0.15, 0.2) is 11.5 Å². The number of para-hydroxylation sites is 1. The molecule has 3 aromatic carbocycles. The van der Waals surface area contributed by atoms with Gasteiger partial charge in [0.25, 0.3) is 0 Å². The molecule has 0 radical (unpaired) electrons. The summed E-state index contributed by atoms with van der Waals surface area (Å²) in [5.41, 5.74) is 3.62. The lowest BCUT2D eigenvalue weighted by Gasteiger charge is -2.38. The number of halogens is 1. The average molecular weight is 481 g/mol. The Morgan fingerprint density at radius 2 is 1.81 bits per heavy atom. The van der Waals surface area contributed by atoms with E-state index in [4.69, 9.17) is 19.3 Å². The molecule has 0 fully saturated rings. The van der Waals surface area contributed by atoms with Crippen molar-refractivity contribution in [3.8, 4) is 23.0 Å². The molecule has 3 aromatic rings. The molecule has 2 unspecified atom stereocenters. The maximum Gasteiger partial charge on any atom is 0.217 e. The Bertz CT molecular complexity index is 1180. The minimum absolute atomic E-state index is 0.00331. The third kappa shape index (κ3) is 3.39. The fraction of sp³-hybridized carbons (Fsp3) is 0.208. The van der Waals surface area contributed by atoms with Gasteiger partial charge in [-0.2, -0.15) is 5.10 Å². The maximum atomic E-state index is 10.6. The molecule has 0 amide bonds. The molecule has 31 heavy (non-hydrogen) atoms. The summed E-state index contributed by atoms with van der Waals surface area (Å²) in [4.78, 5) is 0. The van der Waals surface area contributed by atoms with Crippen LogP contribution in [0.2, 0.25) is 0 Å². The zero-order chi connectivity index (χ0) is 21.5. The molecule has 0 aliphatic carbocycles. The van der Waals surface area contributed by atoms with Crippen molar-refractivity contribution in [2.24, 2.45) is 5.10 Å². The van der Waals surface area contributed by atoms with Crippen molar-refractivity contribution in [2.45, 2.75) is 18.7 Å². The van der Waals surface area contributed by atoms with Crippen LogP contribution in [-0.2, 0) is 0 Å². The van der Waals surface area contributed by atoms with E-state index in [0.717, 1.165) is 27.1 Å². The highest BCUT2D eigenvalue weighted by atomic mass is 79.9. The Morgan fingerprint density at radius 3 is 2.61 bits per heavy atom. The molecule has 0 aromatic heterocycles. The number of fused-ring (bicyclic) bond motifs is 3. The number of rotatable bonds is 4. The lowest BCUT2D eigenvalue weighted by atomic mass is 9.95. The van der Waals surface area contributed by atoms with Crippen molar-refractivity contribution in [1.29, 1.82) is 0 Å². The largest absolute Gasteiger partial charge is 0.507 e. The van der Waals surface area contributed by atoms with Crippen molar-refractivity contribution in [3.63, 3.8) is 0 Å². The fourth-order valence-electron chi connectivity index (χ4n) is 4.15. The molecule has 0 saturated carbocycles. The van der Waals surface area contributed by atoms with Crippen LogP contribution in [-0.4, -0.2) is 30.0 Å². The van der Waals surface area contributed by atoms with E-state index in [1.807, 2.05) is 47.5 Å². The number of aromatic hydroxyl groups is 1. The molecule has 1 N–H and O–H groups in total. The Hall–Kier alpha value is -3.19. The van der Waals surface area contributed by atoms with Crippen molar-refractivity contribution in [3.05, 3.63) is 81.8 Å². The number of hydrazone groups is 1. The monoisotopic (exact) mass is 480 g/mol. The van der Waals surface area contributed by atoms with Gasteiger partial charge in [-0.15, -0.1) is 0 Å². The Labute approximate surface area is 188 Å². The average Bonchev–Trinajstić information content (AvgIpc) is 3.25. The van der Waals surface area contributed by atoms with Gasteiger partial charge in [0.2, 0.25) is 6.23 Å². The van der Waals surface area contributed by atoms with Crippen molar-refractivity contribution in [1.82, 2.24) is 5.01 Å². The number of methoxy groups -OCH3 is 2. The summed E-state index contributed by atoms with van der Waals surface area (Å²) in [6, 6.07) is 19.1. The Morgan fingerprint density at radius 1 is 1.00 bits per heavy atom. The fourth-order valence-corrected chi connectivity index (χ4v) is 4.53. The highest BCUT2D eigenvalue weighted by molar-refractivity contribution is 9.10. The first kappa shape index (κ1) is 19.8. The van der Waals surface area contributed by atoms with Crippen LogP contribution in [0.25, 0.3) is 0 Å². The van der Waals surface area contributed by atoms with Crippen molar-refractivity contribution >= 4 is 21.6 Å². The van der Waals surface area contributed by atoms with E-state index in [1.165, 1.54) is 0 Å². The van der Waals surface area contributed by atoms with Gasteiger partial charge in [-0.25, -0.2) is 5.01 Å². The van der Waals surface area contributed by atoms with Gasteiger partial charge in [-0.1, -0.05) is 34.1 Å². The molecule has 0 bridgehead atoms. The number of benzene rings is 3. The molecule has 158 valence electrons. The predicted octanol–water partition coefficient (Wildman–Crippen LogP) is 5.41. The normalized spacial score (nSPS) is 19.2. The summed E-state index contributed by atoms with van der Waals surface area (Å²) in [5, 5.41) is 17.4. The number of phenols is 1. The second kappa shape index (κ2) is 7.81. The molecule has 2 aliphatic rings. The van der Waals surface area contributed by atoms with Crippen LogP contribution in [0.15, 0.2) is 70.2 Å². The maximum absolute atomic E-state index is 10.6.